The maximum Gasteiger partial charge on any atom is 0.190 e. The highest BCUT2D eigenvalue weighted by atomic mass is 35.5. The summed E-state index contributed by atoms with van der Waals surface area (Å²) in [6.07, 6.45) is 15.5. The highest BCUT2D eigenvalue weighted by Crippen LogP contribution is 2.43. The molecule has 4 aromatic carbocycles. The molecule has 12 aromatic rings. The Labute approximate surface area is 854 Å². The quantitative estimate of drug-likeness (QED) is 0.0436. The summed E-state index contributed by atoms with van der Waals surface area (Å²) < 4.78 is 6.91. The minimum Gasteiger partial charge on any atom is -0.392 e. The van der Waals surface area contributed by atoms with E-state index in [1.807, 2.05) is 79.7 Å². The second-order valence-electron chi connectivity index (χ2n) is 39.3. The number of aliphatic hydroxyl groups excluding tert-OH is 4. The van der Waals surface area contributed by atoms with Crippen molar-refractivity contribution >= 4 is 161 Å². The average Bonchev–Trinajstić information content (AvgIpc) is 1.61. The summed E-state index contributed by atoms with van der Waals surface area (Å²) in [5.41, 5.74) is 8.63. The standard InChI is InChI=1S/4C25H29Cl2N7O/c4*1-15(35)11-32-7-3-4-17(12-32)18-13-33(14-18)23-10-29-24-22(9-28)31-34(25(24)30-23)16(2)20-6-5-19(26)8-21(20)27/h4*5-6,8,10,15-18,35H,3-4,7,11-14H2,1-2H3/t15-,16+,17+;15-,16+,17-;15-,16-,17+;15-,16-,17-/m0011/s1. The first-order valence-corrected chi connectivity index (χ1v) is 51.4. The number of halogens is 8. The van der Waals surface area contributed by atoms with Crippen molar-refractivity contribution in [2.45, 2.75) is 155 Å². The Kier molecular flexibility index (Phi) is 32.4. The second kappa shape index (κ2) is 44.6. The molecule has 8 aliphatic heterocycles. The molecule has 32 nitrogen and oxygen atoms in total. The van der Waals surface area contributed by atoms with E-state index in [1.54, 1.807) is 92.0 Å². The van der Waals surface area contributed by atoms with Gasteiger partial charge in [0.05, 0.1) is 73.4 Å². The number of aromatic nitrogens is 16. The summed E-state index contributed by atoms with van der Waals surface area (Å²) in [6.45, 7) is 34.2. The fourth-order valence-electron chi connectivity index (χ4n) is 21.5. The largest absolute Gasteiger partial charge is 0.392 e. The van der Waals surface area contributed by atoms with Crippen LogP contribution in [0.2, 0.25) is 40.2 Å². The summed E-state index contributed by atoms with van der Waals surface area (Å²) in [5.74, 6) is 8.16. The van der Waals surface area contributed by atoms with Crippen molar-refractivity contribution in [3.05, 3.63) is 183 Å². The van der Waals surface area contributed by atoms with Crippen molar-refractivity contribution in [3.63, 3.8) is 0 Å². The van der Waals surface area contributed by atoms with Crippen LogP contribution in [-0.4, -0.2) is 274 Å². The smallest absolute Gasteiger partial charge is 0.190 e. The molecule has 0 unspecified atom stereocenters. The summed E-state index contributed by atoms with van der Waals surface area (Å²) in [6, 6.07) is 29.0. The number of hydrogen-bond donors (Lipinski definition) is 4. The van der Waals surface area contributed by atoms with Crippen LogP contribution >= 0.6 is 92.8 Å². The van der Waals surface area contributed by atoms with Crippen molar-refractivity contribution in [3.8, 4) is 24.3 Å². The number of anilines is 4. The van der Waals surface area contributed by atoms with E-state index in [9.17, 15) is 41.5 Å². The number of aliphatic hydroxyl groups is 4. The Bertz CT molecular complexity index is 5840. The van der Waals surface area contributed by atoms with Crippen LogP contribution in [0.5, 0.6) is 0 Å². The Balaban J connectivity index is 0.000000129. The molecule has 0 spiro atoms. The molecule has 8 fully saturated rings. The predicted octanol–water partition coefficient (Wildman–Crippen LogP) is 16.6. The highest BCUT2D eigenvalue weighted by Gasteiger charge is 2.43. The summed E-state index contributed by atoms with van der Waals surface area (Å²) in [7, 11) is 0. The average molecular weight is 2060 g/mol. The second-order valence-corrected chi connectivity index (χ2v) is 42.7. The molecule has 0 saturated carbocycles. The molecule has 20 rings (SSSR count). The van der Waals surface area contributed by atoms with Crippen LogP contribution < -0.4 is 19.6 Å². The van der Waals surface area contributed by atoms with E-state index >= 15 is 0 Å². The van der Waals surface area contributed by atoms with E-state index in [0.29, 0.717) is 132 Å². The SMILES string of the molecule is C[C@H](O)CN1CCC[C@@H](C2CN(c3cnc4c(C#N)nn([C@H](C)c5ccc(Cl)cc5Cl)c4n3)C2)C1.C[C@H](O)CN1CCC[C@H](C2CN(c3cnc4c(C#N)nn([C@H](C)c5ccc(Cl)cc5Cl)c4n3)C2)C1.C[C@H](c1ccc(Cl)cc1Cl)n1nc(C#N)c2ncc(N3CC([C@@H]4CCCN(C[C@@H](C)O)C4)C3)nc21.C[C@H](c1ccc(Cl)cc1Cl)n1nc(C#N)c2ncc(N3CC([C@H]4CCCN(C[C@@H](C)O)C4)C3)nc21. The van der Waals surface area contributed by atoms with Crippen LogP contribution in [-0.2, 0) is 0 Å². The predicted molar refractivity (Wildman–Crippen MR) is 547 cm³/mol. The van der Waals surface area contributed by atoms with Gasteiger partial charge >= 0.3 is 0 Å². The van der Waals surface area contributed by atoms with Crippen LogP contribution in [0.1, 0.15) is 176 Å². The number of piperidine rings is 4. The molecule has 40 heteroatoms. The fourth-order valence-corrected chi connectivity index (χ4v) is 23.8. The number of hydrogen-bond acceptors (Lipinski definition) is 28. The number of rotatable bonds is 24. The molecule has 8 saturated heterocycles. The molecular weight excluding hydrogens is 1940 g/mol. The maximum absolute atomic E-state index is 9.75. The Morgan fingerprint density at radius 1 is 0.300 bits per heavy atom. The molecule has 140 heavy (non-hydrogen) atoms. The lowest BCUT2D eigenvalue weighted by Gasteiger charge is -2.47. The maximum atomic E-state index is 9.75. The van der Waals surface area contributed by atoms with E-state index in [0.717, 1.165) is 176 Å². The molecule has 8 aliphatic rings. The summed E-state index contributed by atoms with van der Waals surface area (Å²) in [4.78, 5) is 56.4. The zero-order valence-electron chi connectivity index (χ0n) is 79.6. The Morgan fingerprint density at radius 3 is 0.679 bits per heavy atom. The van der Waals surface area contributed by atoms with Crippen molar-refractivity contribution < 1.29 is 20.4 Å². The van der Waals surface area contributed by atoms with Crippen LogP contribution in [0.3, 0.4) is 0 Å². The van der Waals surface area contributed by atoms with E-state index < -0.39 is 0 Å². The molecule has 0 aliphatic carbocycles. The molecule has 0 bridgehead atoms. The third-order valence-corrected chi connectivity index (χ3v) is 31.2. The number of likely N-dealkylation sites (tertiary alicyclic amines) is 4. The lowest BCUT2D eigenvalue weighted by atomic mass is 9.80. The summed E-state index contributed by atoms with van der Waals surface area (Å²) in [5, 5.41) is 99.9. The first-order chi connectivity index (χ1) is 67.3. The number of benzene rings is 4. The van der Waals surface area contributed by atoms with E-state index in [2.05, 4.69) is 104 Å². The van der Waals surface area contributed by atoms with E-state index in [-0.39, 0.29) is 71.4 Å². The van der Waals surface area contributed by atoms with Gasteiger partial charge in [-0.15, -0.1) is 0 Å². The van der Waals surface area contributed by atoms with Gasteiger partial charge in [-0.3, -0.25) is 0 Å². The van der Waals surface area contributed by atoms with Gasteiger partial charge in [0.2, 0.25) is 0 Å². The van der Waals surface area contributed by atoms with E-state index in [4.69, 9.17) is 113 Å². The molecule has 12 atom stereocenters. The number of fused-ring (bicyclic) bond motifs is 4. The van der Waals surface area contributed by atoms with Gasteiger partial charge in [-0.25, -0.2) is 58.6 Å². The minimum atomic E-state index is -0.290. The van der Waals surface area contributed by atoms with Crippen LogP contribution in [0, 0.1) is 92.7 Å². The molecular formula is C100H116Cl8N28O4. The van der Waals surface area contributed by atoms with Gasteiger partial charge in [0.15, 0.2) is 45.4 Å². The number of β-amino-alcohol motifs (C(OH)–C–C–N with tert-alkyl or cyclic N) is 4. The van der Waals surface area contributed by atoms with Crippen molar-refractivity contribution in [2.24, 2.45) is 47.3 Å². The van der Waals surface area contributed by atoms with Crippen LogP contribution in [0.4, 0.5) is 23.3 Å². The van der Waals surface area contributed by atoms with Gasteiger partial charge in [-0.2, -0.15) is 41.4 Å². The molecule has 0 radical (unpaired) electrons. The molecule has 16 heterocycles. The van der Waals surface area contributed by atoms with Gasteiger partial charge in [-0.1, -0.05) is 117 Å². The van der Waals surface area contributed by atoms with Gasteiger partial charge in [-0.05, 0) is 251 Å². The zero-order chi connectivity index (χ0) is 98.8. The van der Waals surface area contributed by atoms with Crippen LogP contribution in [0.15, 0.2) is 97.6 Å². The monoisotopic (exact) mass is 2050 g/mol. The molecule has 8 aromatic heterocycles. The minimum absolute atomic E-state index is 0.248. The Morgan fingerprint density at radius 2 is 0.500 bits per heavy atom. The van der Waals surface area contributed by atoms with Gasteiger partial charge in [0, 0.05) is 145 Å². The zero-order valence-corrected chi connectivity index (χ0v) is 85.7. The van der Waals surface area contributed by atoms with Gasteiger partial charge in [0.25, 0.3) is 0 Å². The first-order valence-electron chi connectivity index (χ1n) is 48.4. The molecule has 736 valence electrons. The third-order valence-electron chi connectivity index (χ3n) is 29.0. The van der Waals surface area contributed by atoms with E-state index in [1.165, 1.54) is 51.4 Å². The van der Waals surface area contributed by atoms with Crippen molar-refractivity contribution in [1.82, 2.24) is 98.6 Å². The van der Waals surface area contributed by atoms with Crippen molar-refractivity contribution in [1.29, 1.82) is 21.0 Å². The lowest BCUT2D eigenvalue weighted by Crippen LogP contribution is -2.54. The highest BCUT2D eigenvalue weighted by molar-refractivity contribution is 6.37. The van der Waals surface area contributed by atoms with Crippen LogP contribution in [0.25, 0.3) is 44.7 Å². The summed E-state index contributed by atoms with van der Waals surface area (Å²) >= 11 is 50.1. The molecule has 0 amide bonds. The normalized spacial score (nSPS) is 21.0. The Hall–Kier alpha value is -9.76. The van der Waals surface area contributed by atoms with Gasteiger partial charge in [0.1, 0.15) is 69.6 Å². The lowest BCUT2D eigenvalue weighted by molar-refractivity contribution is 0.0724. The topological polar surface area (TPSA) is 376 Å². The third kappa shape index (κ3) is 22.7. The molecule has 4 N–H and O–H groups in total. The first kappa shape index (κ1) is 102. The number of nitrogens with zero attached hydrogens (tertiary/aromatic N) is 28. The fraction of sp³-hybridized carbons (Fsp3) is 0.520. The van der Waals surface area contributed by atoms with Gasteiger partial charge < -0.3 is 59.6 Å². The van der Waals surface area contributed by atoms with Crippen molar-refractivity contribution in [2.75, 3.05) is 150 Å². The number of nitriles is 4.